The molecule has 0 fully saturated rings. The average molecular weight is 261 g/mol. The van der Waals surface area contributed by atoms with Gasteiger partial charge in [-0.2, -0.15) is 0 Å². The van der Waals surface area contributed by atoms with Crippen molar-refractivity contribution in [2.24, 2.45) is 0 Å². The van der Waals surface area contributed by atoms with Gasteiger partial charge >= 0.3 is 23.1 Å². The van der Waals surface area contributed by atoms with Crippen molar-refractivity contribution in [1.82, 2.24) is 0 Å². The summed E-state index contributed by atoms with van der Waals surface area (Å²) >= 11 is 0. The summed E-state index contributed by atoms with van der Waals surface area (Å²) in [4.78, 5) is 28.9. The molecule has 0 aliphatic heterocycles. The molecule has 0 N–H and O–H groups in total. The number of para-hydroxylation sites is 1. The van der Waals surface area contributed by atoms with Gasteiger partial charge in [0, 0.05) is 6.07 Å². The minimum absolute atomic E-state index is 0. The molecular weight excluding hydrogens is 254 g/mol. The number of hydrogen-bond acceptors (Lipinski definition) is 6. The molecule has 0 saturated heterocycles. The number of nitro benzene ring substituents is 1. The number of nitrogens with zero attached hydrogens (tertiary/aromatic N) is 1. The van der Waals surface area contributed by atoms with E-state index in [4.69, 9.17) is 9.90 Å². The molecule has 0 spiro atoms. The summed E-state index contributed by atoms with van der Waals surface area (Å²) in [5.74, 6) is -2.77. The molecule has 0 saturated carbocycles. The Morgan fingerprint density at radius 2 is 1.67 bits per heavy atom. The van der Waals surface area contributed by atoms with Crippen LogP contribution in [0.1, 0.15) is 10.4 Å². The first kappa shape index (κ1) is 18.4. The number of aliphatic carboxylic acids is 1. The van der Waals surface area contributed by atoms with Gasteiger partial charge in [0.2, 0.25) is 0 Å². The minimum atomic E-state index is -1.54. The number of benzene rings is 1. The van der Waals surface area contributed by atoms with Crippen molar-refractivity contribution >= 4 is 40.7 Å². The van der Waals surface area contributed by atoms with Crippen LogP contribution < -0.4 is 10.2 Å². The van der Waals surface area contributed by atoms with E-state index < -0.39 is 28.1 Å². The van der Waals surface area contributed by atoms with Crippen LogP contribution in [0, 0.1) is 10.1 Å². The SMILES string of the molecule is C=CC(=O)[O-].O=C([O-])c1ccccc1[N+](=O)[O-].[Mg+2]. The van der Waals surface area contributed by atoms with Crippen LogP contribution in [-0.2, 0) is 4.79 Å². The summed E-state index contributed by atoms with van der Waals surface area (Å²) in [5.41, 5.74) is -0.847. The maximum atomic E-state index is 10.3. The topological polar surface area (TPSA) is 123 Å². The number of carboxylic acids is 2. The molecule has 7 nitrogen and oxygen atoms in total. The van der Waals surface area contributed by atoms with Crippen molar-refractivity contribution < 1.29 is 24.7 Å². The van der Waals surface area contributed by atoms with Crippen LogP contribution in [0.4, 0.5) is 5.69 Å². The van der Waals surface area contributed by atoms with Gasteiger partial charge in [-0.05, 0) is 12.1 Å². The zero-order chi connectivity index (χ0) is 13.4. The summed E-state index contributed by atoms with van der Waals surface area (Å²) in [7, 11) is 0. The smallest absolute Gasteiger partial charge is 0.545 e. The third kappa shape index (κ3) is 6.61. The standard InChI is InChI=1S/C7H5NO4.C3H4O2.Mg/c9-7(10)5-3-1-2-4-6(5)8(11)12;1-2-3(4)5;/h1-4H,(H,9,10);2H,1H2,(H,4,5);/q;;+2/p-2. The molecule has 0 aliphatic carbocycles. The molecule has 0 atom stereocenters. The maximum Gasteiger partial charge on any atom is 2.00 e. The summed E-state index contributed by atoms with van der Waals surface area (Å²) in [6.07, 6.45) is 0.722. The molecule has 8 heteroatoms. The Bertz CT molecular complexity index is 426. The monoisotopic (exact) mass is 261 g/mol. The molecule has 0 unspecified atom stereocenters. The van der Waals surface area contributed by atoms with Gasteiger partial charge < -0.3 is 19.8 Å². The van der Waals surface area contributed by atoms with Crippen molar-refractivity contribution in [2.75, 3.05) is 0 Å². The van der Waals surface area contributed by atoms with Gasteiger partial charge in [-0.25, -0.2) is 0 Å². The molecule has 0 aromatic heterocycles. The van der Waals surface area contributed by atoms with Crippen LogP contribution in [0.15, 0.2) is 36.9 Å². The van der Waals surface area contributed by atoms with Gasteiger partial charge in [0.25, 0.3) is 5.69 Å². The Hall–Kier alpha value is -1.93. The second-order valence-electron chi connectivity index (χ2n) is 2.58. The third-order valence-electron chi connectivity index (χ3n) is 1.49. The minimum Gasteiger partial charge on any atom is -0.545 e. The van der Waals surface area contributed by atoms with E-state index in [1.807, 2.05) is 0 Å². The number of carbonyl (C=O) groups is 2. The Balaban J connectivity index is 0. The molecule has 1 rings (SSSR count). The van der Waals surface area contributed by atoms with Gasteiger partial charge in [-0.3, -0.25) is 10.1 Å². The van der Waals surface area contributed by atoms with E-state index in [9.17, 15) is 20.0 Å². The van der Waals surface area contributed by atoms with Gasteiger partial charge in [0.05, 0.1) is 22.4 Å². The predicted molar refractivity (Wildman–Crippen MR) is 58.4 cm³/mol. The fourth-order valence-electron chi connectivity index (χ4n) is 0.805. The van der Waals surface area contributed by atoms with E-state index in [-0.39, 0.29) is 23.1 Å². The zero-order valence-electron chi connectivity index (χ0n) is 9.20. The summed E-state index contributed by atoms with van der Waals surface area (Å²) in [5, 5.41) is 29.7. The van der Waals surface area contributed by atoms with E-state index in [0.29, 0.717) is 0 Å². The van der Waals surface area contributed by atoms with Crippen molar-refractivity contribution in [2.45, 2.75) is 0 Å². The number of rotatable bonds is 3. The average Bonchev–Trinajstić information content (AvgIpc) is 2.29. The normalized spacial score (nSPS) is 8.00. The molecule has 18 heavy (non-hydrogen) atoms. The van der Waals surface area contributed by atoms with Gasteiger partial charge in [-0.1, -0.05) is 18.7 Å². The van der Waals surface area contributed by atoms with Gasteiger partial charge in [0.1, 0.15) is 0 Å². The number of nitro groups is 1. The number of carboxylic acid groups (broad SMARTS) is 2. The zero-order valence-corrected chi connectivity index (χ0v) is 10.6. The number of hydrogen-bond donors (Lipinski definition) is 0. The van der Waals surface area contributed by atoms with E-state index in [2.05, 4.69) is 6.58 Å². The van der Waals surface area contributed by atoms with E-state index in [1.54, 1.807) is 0 Å². The molecule has 1 aromatic carbocycles. The van der Waals surface area contributed by atoms with Crippen LogP contribution in [0.25, 0.3) is 0 Å². The second-order valence-corrected chi connectivity index (χ2v) is 2.58. The number of carbonyl (C=O) groups excluding carboxylic acids is 2. The predicted octanol–water partition coefficient (Wildman–Crippen LogP) is -1.50. The first-order valence-electron chi connectivity index (χ1n) is 4.18. The fourth-order valence-corrected chi connectivity index (χ4v) is 0.805. The first-order valence-corrected chi connectivity index (χ1v) is 4.18. The molecule has 1 aromatic rings. The van der Waals surface area contributed by atoms with Crippen molar-refractivity contribution in [3.8, 4) is 0 Å². The number of aromatic carboxylic acids is 1. The Labute approximate surface area is 118 Å². The molecule has 0 radical (unpaired) electrons. The van der Waals surface area contributed by atoms with Crippen LogP contribution in [0.5, 0.6) is 0 Å². The van der Waals surface area contributed by atoms with E-state index >= 15 is 0 Å². The molecular formula is C10H7MgNO6. The van der Waals surface area contributed by atoms with E-state index in [1.165, 1.54) is 12.1 Å². The Morgan fingerprint density at radius 1 is 1.22 bits per heavy atom. The molecule has 0 amide bonds. The largest absolute Gasteiger partial charge is 2.00 e. The summed E-state index contributed by atoms with van der Waals surface area (Å²) < 4.78 is 0. The van der Waals surface area contributed by atoms with Crippen LogP contribution in [0.2, 0.25) is 0 Å². The van der Waals surface area contributed by atoms with Crippen molar-refractivity contribution in [1.29, 1.82) is 0 Å². The maximum absolute atomic E-state index is 10.3. The first-order chi connectivity index (χ1) is 7.90. The van der Waals surface area contributed by atoms with Gasteiger partial charge in [-0.15, -0.1) is 0 Å². The summed E-state index contributed by atoms with van der Waals surface area (Å²) in [6, 6.07) is 5.04. The molecule has 90 valence electrons. The van der Waals surface area contributed by atoms with Crippen LogP contribution in [-0.4, -0.2) is 39.9 Å². The summed E-state index contributed by atoms with van der Waals surface area (Å²) in [6.45, 7) is 2.90. The Morgan fingerprint density at radius 3 is 1.94 bits per heavy atom. The van der Waals surface area contributed by atoms with Crippen molar-refractivity contribution in [3.63, 3.8) is 0 Å². The Kier molecular flexibility index (Phi) is 9.35. The van der Waals surface area contributed by atoms with Crippen LogP contribution >= 0.6 is 0 Å². The molecule has 0 aliphatic rings. The van der Waals surface area contributed by atoms with E-state index in [0.717, 1.165) is 18.2 Å². The fraction of sp³-hybridized carbons (Fsp3) is 0. The van der Waals surface area contributed by atoms with Crippen molar-refractivity contribution in [3.05, 3.63) is 52.6 Å². The quantitative estimate of drug-likeness (QED) is 0.282. The second kappa shape index (κ2) is 9.13. The molecule has 0 heterocycles. The van der Waals surface area contributed by atoms with Crippen LogP contribution in [0.3, 0.4) is 0 Å². The van der Waals surface area contributed by atoms with Gasteiger partial charge in [0.15, 0.2) is 0 Å². The molecule has 0 bridgehead atoms. The third-order valence-corrected chi connectivity index (χ3v) is 1.49.